The number of nitrogens with zero attached hydrogens (tertiary/aromatic N) is 3. The van der Waals surface area contributed by atoms with Gasteiger partial charge in [0.15, 0.2) is 0 Å². The molecule has 52 heavy (non-hydrogen) atoms. The molecule has 9 aromatic rings. The van der Waals surface area contributed by atoms with E-state index >= 15 is 0 Å². The molecule has 0 fully saturated rings. The Balaban J connectivity index is 1.05. The van der Waals surface area contributed by atoms with Gasteiger partial charge in [-0.05, 0) is 83.3 Å². The highest BCUT2D eigenvalue weighted by atomic mass is 15.2. The summed E-state index contributed by atoms with van der Waals surface area (Å²) in [6.45, 7) is 2.38. The SMILES string of the molecule is CC1C=c2c(n(-c3ccccc3)c3ccccc23)=C2C1c1ccccc1N2c1ccc(-c2ccc(-n3c4ccccc4c4ccccc43)cc2)cc1. The van der Waals surface area contributed by atoms with Crippen molar-refractivity contribution < 1.29 is 0 Å². The van der Waals surface area contributed by atoms with E-state index in [2.05, 4.69) is 203 Å². The van der Waals surface area contributed by atoms with Crippen molar-refractivity contribution in [3.8, 4) is 22.5 Å². The molecule has 0 spiro atoms. The van der Waals surface area contributed by atoms with E-state index in [1.807, 2.05) is 0 Å². The van der Waals surface area contributed by atoms with Gasteiger partial charge in [0.1, 0.15) is 0 Å². The van der Waals surface area contributed by atoms with Crippen LogP contribution < -0.4 is 15.5 Å². The number of aromatic nitrogens is 2. The minimum absolute atomic E-state index is 0.253. The van der Waals surface area contributed by atoms with Crippen LogP contribution in [0.2, 0.25) is 0 Å². The van der Waals surface area contributed by atoms with Gasteiger partial charge in [-0.15, -0.1) is 0 Å². The molecule has 3 heteroatoms. The van der Waals surface area contributed by atoms with E-state index in [1.54, 1.807) is 0 Å². The van der Waals surface area contributed by atoms with Gasteiger partial charge >= 0.3 is 0 Å². The number of fused-ring (bicyclic) bond motifs is 9. The van der Waals surface area contributed by atoms with Crippen LogP contribution >= 0.6 is 0 Å². The summed E-state index contributed by atoms with van der Waals surface area (Å²) in [6, 6.07) is 64.3. The van der Waals surface area contributed by atoms with Crippen LogP contribution in [0.4, 0.5) is 11.4 Å². The number of para-hydroxylation sites is 5. The molecule has 0 N–H and O–H groups in total. The first-order valence-corrected chi connectivity index (χ1v) is 18.2. The minimum Gasteiger partial charge on any atom is -0.311 e. The van der Waals surface area contributed by atoms with Crippen LogP contribution in [-0.4, -0.2) is 9.13 Å². The molecule has 2 aromatic heterocycles. The Morgan fingerprint density at radius 2 is 0.923 bits per heavy atom. The van der Waals surface area contributed by atoms with E-state index in [1.165, 1.54) is 88.4 Å². The second-order valence-corrected chi connectivity index (χ2v) is 14.2. The lowest BCUT2D eigenvalue weighted by Crippen LogP contribution is -2.40. The Bertz CT molecular complexity index is 2910. The summed E-state index contributed by atoms with van der Waals surface area (Å²) in [7, 11) is 0. The smallest absolute Gasteiger partial charge is 0.0743 e. The topological polar surface area (TPSA) is 13.1 Å². The zero-order chi connectivity index (χ0) is 34.3. The van der Waals surface area contributed by atoms with Crippen LogP contribution in [0.5, 0.6) is 0 Å². The van der Waals surface area contributed by atoms with E-state index in [0.717, 1.165) is 0 Å². The maximum atomic E-state index is 2.54. The van der Waals surface area contributed by atoms with E-state index in [-0.39, 0.29) is 5.92 Å². The average molecular weight is 666 g/mol. The third-order valence-electron chi connectivity index (χ3n) is 11.3. The Labute approximate surface area is 302 Å². The fourth-order valence-electron chi connectivity index (χ4n) is 9.13. The largest absolute Gasteiger partial charge is 0.311 e. The molecule has 2 aliphatic rings. The van der Waals surface area contributed by atoms with Crippen molar-refractivity contribution in [1.82, 2.24) is 9.13 Å². The Morgan fingerprint density at radius 1 is 0.423 bits per heavy atom. The molecule has 0 saturated heterocycles. The van der Waals surface area contributed by atoms with Crippen LogP contribution in [-0.2, 0) is 0 Å². The van der Waals surface area contributed by atoms with Crippen molar-refractivity contribution >= 4 is 55.9 Å². The molecule has 0 amide bonds. The molecule has 2 atom stereocenters. The monoisotopic (exact) mass is 665 g/mol. The summed E-state index contributed by atoms with van der Waals surface area (Å²) in [5.41, 5.74) is 13.7. The lowest BCUT2D eigenvalue weighted by Gasteiger charge is -2.28. The molecule has 0 saturated carbocycles. The van der Waals surface area contributed by atoms with E-state index < -0.39 is 0 Å². The van der Waals surface area contributed by atoms with Gasteiger partial charge in [-0.1, -0.05) is 128 Å². The van der Waals surface area contributed by atoms with Crippen molar-refractivity contribution in [3.63, 3.8) is 0 Å². The Hall–Kier alpha value is -6.58. The fourth-order valence-corrected chi connectivity index (χ4v) is 9.13. The van der Waals surface area contributed by atoms with Gasteiger partial charge in [0, 0.05) is 50.0 Å². The van der Waals surface area contributed by atoms with Crippen molar-refractivity contribution in [2.24, 2.45) is 5.92 Å². The second-order valence-electron chi connectivity index (χ2n) is 14.2. The van der Waals surface area contributed by atoms with Gasteiger partial charge < -0.3 is 14.0 Å². The number of hydrogen-bond acceptors (Lipinski definition) is 1. The van der Waals surface area contributed by atoms with Crippen LogP contribution in [0, 0.1) is 5.92 Å². The number of rotatable bonds is 4. The molecule has 1 aliphatic carbocycles. The van der Waals surface area contributed by atoms with Gasteiger partial charge in [-0.2, -0.15) is 0 Å². The first-order valence-electron chi connectivity index (χ1n) is 18.2. The molecule has 1 aliphatic heterocycles. The molecule has 7 aromatic carbocycles. The normalized spacial score (nSPS) is 16.2. The van der Waals surface area contributed by atoms with Gasteiger partial charge in [0.05, 0.1) is 27.6 Å². The van der Waals surface area contributed by atoms with E-state index in [0.29, 0.717) is 5.92 Å². The van der Waals surface area contributed by atoms with Crippen LogP contribution in [0.15, 0.2) is 176 Å². The molecule has 11 rings (SSSR count). The molecular formula is C49H35N3. The van der Waals surface area contributed by atoms with E-state index in [4.69, 9.17) is 0 Å². The van der Waals surface area contributed by atoms with E-state index in [9.17, 15) is 0 Å². The number of anilines is 2. The minimum atomic E-state index is 0.253. The molecule has 0 bridgehead atoms. The van der Waals surface area contributed by atoms with Gasteiger partial charge in [-0.3, -0.25) is 0 Å². The highest BCUT2D eigenvalue weighted by Crippen LogP contribution is 2.52. The molecule has 246 valence electrons. The summed E-state index contributed by atoms with van der Waals surface area (Å²) in [5.74, 6) is 0.597. The molecular weight excluding hydrogens is 631 g/mol. The zero-order valence-electron chi connectivity index (χ0n) is 28.8. The first kappa shape index (κ1) is 29.2. The second kappa shape index (κ2) is 11.2. The Morgan fingerprint density at radius 3 is 1.58 bits per heavy atom. The third kappa shape index (κ3) is 4.14. The Kier molecular flexibility index (Phi) is 6.29. The van der Waals surface area contributed by atoms with Crippen LogP contribution in [0.3, 0.4) is 0 Å². The van der Waals surface area contributed by atoms with Crippen molar-refractivity contribution in [1.29, 1.82) is 0 Å². The predicted molar refractivity (Wildman–Crippen MR) is 217 cm³/mol. The summed E-state index contributed by atoms with van der Waals surface area (Å²) in [5, 5.41) is 6.48. The van der Waals surface area contributed by atoms with Gasteiger partial charge in [-0.25, -0.2) is 0 Å². The molecule has 0 radical (unpaired) electrons. The van der Waals surface area contributed by atoms with Gasteiger partial charge in [0.2, 0.25) is 0 Å². The van der Waals surface area contributed by atoms with Gasteiger partial charge in [0.25, 0.3) is 0 Å². The highest BCUT2D eigenvalue weighted by Gasteiger charge is 2.40. The summed E-state index contributed by atoms with van der Waals surface area (Å²) >= 11 is 0. The average Bonchev–Trinajstić information content (AvgIpc) is 3.85. The lowest BCUT2D eigenvalue weighted by atomic mass is 9.83. The standard InChI is InChI=1S/C49H35N3/c1-32-31-42-40-17-7-11-21-45(40)51(35-13-3-2-4-14-35)48(42)49-47(32)41-18-8-12-22-46(41)52(49)37-29-25-34(26-30-37)33-23-27-36(28-24-33)50-43-19-9-5-15-38(43)39-16-6-10-20-44(39)50/h2-32,47H,1H3. The predicted octanol–water partition coefficient (Wildman–Crippen LogP) is 10.9. The number of hydrogen-bond donors (Lipinski definition) is 0. The molecule has 3 heterocycles. The third-order valence-corrected chi connectivity index (χ3v) is 11.3. The van der Waals surface area contributed by atoms with Crippen LogP contribution in [0.1, 0.15) is 18.4 Å². The van der Waals surface area contributed by atoms with Crippen molar-refractivity contribution in [3.05, 3.63) is 192 Å². The maximum Gasteiger partial charge on any atom is 0.0743 e. The first-order chi connectivity index (χ1) is 25.7. The van der Waals surface area contributed by atoms with Crippen molar-refractivity contribution in [2.45, 2.75) is 12.8 Å². The lowest BCUT2D eigenvalue weighted by molar-refractivity contribution is 0.683. The van der Waals surface area contributed by atoms with Crippen LogP contribution in [0.25, 0.3) is 67.0 Å². The zero-order valence-corrected chi connectivity index (χ0v) is 28.8. The summed E-state index contributed by atoms with van der Waals surface area (Å²) in [6.07, 6.45) is 2.51. The summed E-state index contributed by atoms with van der Waals surface area (Å²) < 4.78 is 4.86. The highest BCUT2D eigenvalue weighted by molar-refractivity contribution is 6.09. The maximum absolute atomic E-state index is 2.54. The fraction of sp³-hybridized carbons (Fsp3) is 0.0612. The molecule has 3 nitrogen and oxygen atoms in total. The van der Waals surface area contributed by atoms with Crippen molar-refractivity contribution in [2.75, 3.05) is 4.90 Å². The molecule has 2 unspecified atom stereocenters. The number of benzene rings is 7. The summed E-state index contributed by atoms with van der Waals surface area (Å²) in [4.78, 5) is 2.54. The quantitative estimate of drug-likeness (QED) is 0.182.